The number of hydrogen-bond acceptors (Lipinski definition) is 0. The molecule has 0 aromatic rings. The number of alkyl halides is 2. The van der Waals surface area contributed by atoms with E-state index in [2.05, 4.69) is 31.9 Å². The first-order valence-corrected chi connectivity index (χ1v) is 5.40. The fraction of sp³-hybridized carbons (Fsp3) is 1.00. The normalized spacial score (nSPS) is 56.7. The molecule has 2 fully saturated rings. The van der Waals surface area contributed by atoms with Gasteiger partial charge in [0.15, 0.2) is 0 Å². The van der Waals surface area contributed by atoms with Crippen molar-refractivity contribution in [3.05, 3.63) is 0 Å². The molecular formula is C7H10Br2. The van der Waals surface area contributed by atoms with Gasteiger partial charge < -0.3 is 0 Å². The second-order valence-electron chi connectivity index (χ2n) is 3.20. The molecule has 0 radical (unpaired) electrons. The Morgan fingerprint density at radius 2 is 1.89 bits per heavy atom. The average Bonchev–Trinajstić information content (AvgIpc) is 2.25. The molecule has 2 bridgehead atoms. The number of rotatable bonds is 0. The smallest absolute Gasteiger partial charge is 0.0213 e. The second kappa shape index (κ2) is 2.23. The number of halogens is 2. The van der Waals surface area contributed by atoms with Crippen molar-refractivity contribution in [1.29, 1.82) is 0 Å². The van der Waals surface area contributed by atoms with Crippen LogP contribution in [-0.2, 0) is 0 Å². The van der Waals surface area contributed by atoms with Gasteiger partial charge in [-0.15, -0.1) is 0 Å². The molecule has 9 heavy (non-hydrogen) atoms. The Labute approximate surface area is 72.7 Å². The SMILES string of the molecule is Br[C@@H]1[C@@H]2CC[C@H]1[C@H](Br)C2. The Hall–Kier alpha value is 0.960. The molecule has 4 atom stereocenters. The second-order valence-corrected chi connectivity index (χ2v) is 5.43. The molecule has 0 aliphatic heterocycles. The minimum Gasteiger partial charge on any atom is -0.0887 e. The van der Waals surface area contributed by atoms with E-state index in [1.165, 1.54) is 19.3 Å². The first kappa shape index (κ1) is 6.66. The third kappa shape index (κ3) is 0.900. The maximum Gasteiger partial charge on any atom is 0.0213 e. The molecular weight excluding hydrogens is 244 g/mol. The third-order valence-electron chi connectivity index (χ3n) is 2.72. The maximum absolute atomic E-state index is 3.74. The third-order valence-corrected chi connectivity index (χ3v) is 5.20. The van der Waals surface area contributed by atoms with E-state index in [1.54, 1.807) is 0 Å². The van der Waals surface area contributed by atoms with Crippen molar-refractivity contribution in [2.75, 3.05) is 0 Å². The summed E-state index contributed by atoms with van der Waals surface area (Å²) in [5.41, 5.74) is 0. The van der Waals surface area contributed by atoms with Crippen LogP contribution in [0.15, 0.2) is 0 Å². The van der Waals surface area contributed by atoms with Crippen molar-refractivity contribution >= 4 is 31.9 Å². The fourth-order valence-electron chi connectivity index (χ4n) is 2.17. The van der Waals surface area contributed by atoms with Crippen molar-refractivity contribution in [2.45, 2.75) is 28.9 Å². The first-order valence-electron chi connectivity index (χ1n) is 3.57. The summed E-state index contributed by atoms with van der Waals surface area (Å²) in [7, 11) is 0. The molecule has 2 aliphatic carbocycles. The summed E-state index contributed by atoms with van der Waals surface area (Å²) >= 11 is 7.45. The number of fused-ring (bicyclic) bond motifs is 2. The summed E-state index contributed by atoms with van der Waals surface area (Å²) in [5, 5.41) is 0. The van der Waals surface area contributed by atoms with Gasteiger partial charge >= 0.3 is 0 Å². The zero-order chi connectivity index (χ0) is 6.43. The molecule has 2 saturated carbocycles. The van der Waals surface area contributed by atoms with Crippen LogP contribution in [0.3, 0.4) is 0 Å². The van der Waals surface area contributed by atoms with Gasteiger partial charge in [0.2, 0.25) is 0 Å². The summed E-state index contributed by atoms with van der Waals surface area (Å²) in [4.78, 5) is 1.66. The van der Waals surface area contributed by atoms with E-state index in [0.29, 0.717) is 0 Å². The van der Waals surface area contributed by atoms with Gasteiger partial charge in [-0.1, -0.05) is 31.9 Å². The Morgan fingerprint density at radius 3 is 2.11 bits per heavy atom. The van der Waals surface area contributed by atoms with Gasteiger partial charge in [0.1, 0.15) is 0 Å². The molecule has 0 heterocycles. The van der Waals surface area contributed by atoms with Gasteiger partial charge in [-0.25, -0.2) is 0 Å². The van der Waals surface area contributed by atoms with Crippen molar-refractivity contribution in [2.24, 2.45) is 11.8 Å². The molecule has 0 amide bonds. The van der Waals surface area contributed by atoms with Crippen molar-refractivity contribution in [1.82, 2.24) is 0 Å². The van der Waals surface area contributed by atoms with E-state index >= 15 is 0 Å². The van der Waals surface area contributed by atoms with E-state index in [4.69, 9.17) is 0 Å². The summed E-state index contributed by atoms with van der Waals surface area (Å²) in [5.74, 6) is 1.93. The Balaban J connectivity index is 2.16. The summed E-state index contributed by atoms with van der Waals surface area (Å²) in [6, 6.07) is 0. The van der Waals surface area contributed by atoms with Crippen molar-refractivity contribution in [3.63, 3.8) is 0 Å². The average molecular weight is 254 g/mol. The maximum atomic E-state index is 3.74. The molecule has 52 valence electrons. The summed E-state index contributed by atoms with van der Waals surface area (Å²) < 4.78 is 0. The molecule has 2 heteroatoms. The van der Waals surface area contributed by atoms with Crippen molar-refractivity contribution in [3.8, 4) is 0 Å². The van der Waals surface area contributed by atoms with Crippen LogP contribution >= 0.6 is 31.9 Å². The fourth-order valence-corrected chi connectivity index (χ4v) is 4.76. The Kier molecular flexibility index (Phi) is 1.65. The first-order chi connectivity index (χ1) is 4.29. The highest BCUT2D eigenvalue weighted by Gasteiger charge is 2.45. The van der Waals surface area contributed by atoms with Crippen LogP contribution in [0, 0.1) is 11.8 Å². The topological polar surface area (TPSA) is 0 Å². The highest BCUT2D eigenvalue weighted by atomic mass is 79.9. The van der Waals surface area contributed by atoms with E-state index in [9.17, 15) is 0 Å². The molecule has 0 saturated heterocycles. The van der Waals surface area contributed by atoms with Crippen LogP contribution in [0.25, 0.3) is 0 Å². The monoisotopic (exact) mass is 252 g/mol. The predicted octanol–water partition coefficient (Wildman–Crippen LogP) is 2.94. The van der Waals surface area contributed by atoms with Crippen LogP contribution in [0.2, 0.25) is 0 Å². The number of hydrogen-bond donors (Lipinski definition) is 0. The zero-order valence-electron chi connectivity index (χ0n) is 5.19. The molecule has 0 nitrogen and oxygen atoms in total. The highest BCUT2D eigenvalue weighted by molar-refractivity contribution is 9.10. The molecule has 0 unspecified atom stereocenters. The van der Waals surface area contributed by atoms with Gasteiger partial charge in [0, 0.05) is 9.65 Å². The van der Waals surface area contributed by atoms with Crippen LogP contribution < -0.4 is 0 Å². The lowest BCUT2D eigenvalue weighted by atomic mass is 10.0. The molecule has 0 aromatic heterocycles. The van der Waals surface area contributed by atoms with E-state index in [-0.39, 0.29) is 0 Å². The summed E-state index contributed by atoms with van der Waals surface area (Å²) in [6.07, 6.45) is 4.31. The van der Waals surface area contributed by atoms with E-state index in [0.717, 1.165) is 21.5 Å². The van der Waals surface area contributed by atoms with E-state index < -0.39 is 0 Å². The summed E-state index contributed by atoms with van der Waals surface area (Å²) in [6.45, 7) is 0. The molecule has 2 rings (SSSR count). The lowest BCUT2D eigenvalue weighted by Gasteiger charge is -2.13. The molecule has 0 aromatic carbocycles. The highest BCUT2D eigenvalue weighted by Crippen LogP contribution is 2.51. The Bertz CT molecular complexity index is 124. The Morgan fingerprint density at radius 1 is 1.11 bits per heavy atom. The lowest BCUT2D eigenvalue weighted by molar-refractivity contribution is 0.497. The molecule has 2 aliphatic rings. The van der Waals surface area contributed by atoms with Crippen molar-refractivity contribution < 1.29 is 0 Å². The van der Waals surface area contributed by atoms with Gasteiger partial charge in [-0.05, 0) is 31.1 Å². The van der Waals surface area contributed by atoms with Crippen LogP contribution in [0.1, 0.15) is 19.3 Å². The van der Waals surface area contributed by atoms with Gasteiger partial charge in [-0.3, -0.25) is 0 Å². The minimum absolute atomic E-state index is 0.820. The van der Waals surface area contributed by atoms with Gasteiger partial charge in [0.25, 0.3) is 0 Å². The minimum atomic E-state index is 0.820. The standard InChI is InChI=1S/C7H10Br2/c8-6-3-4-1-2-5(6)7(4)9/h4-7H,1-3H2/t4-,5+,6-,7-/m1/s1. The van der Waals surface area contributed by atoms with Gasteiger partial charge in [0.05, 0.1) is 0 Å². The van der Waals surface area contributed by atoms with Crippen LogP contribution in [-0.4, -0.2) is 9.65 Å². The van der Waals surface area contributed by atoms with Crippen LogP contribution in [0.5, 0.6) is 0 Å². The zero-order valence-corrected chi connectivity index (χ0v) is 8.36. The van der Waals surface area contributed by atoms with Crippen LogP contribution in [0.4, 0.5) is 0 Å². The quantitative estimate of drug-likeness (QED) is 0.583. The predicted molar refractivity (Wildman–Crippen MR) is 46.3 cm³/mol. The molecule has 0 spiro atoms. The largest absolute Gasteiger partial charge is 0.0887 e. The van der Waals surface area contributed by atoms with E-state index in [1.807, 2.05) is 0 Å². The lowest BCUT2D eigenvalue weighted by Crippen LogP contribution is -2.10. The molecule has 0 N–H and O–H groups in total. The van der Waals surface area contributed by atoms with Gasteiger partial charge in [-0.2, -0.15) is 0 Å².